The molecular weight excluding hydrogens is 276 g/mol. The van der Waals surface area contributed by atoms with E-state index in [1.54, 1.807) is 0 Å². The van der Waals surface area contributed by atoms with Gasteiger partial charge < -0.3 is 5.73 Å². The Kier molecular flexibility index (Phi) is 6.43. The fourth-order valence-electron chi connectivity index (χ4n) is 2.75. The summed E-state index contributed by atoms with van der Waals surface area (Å²) in [4.78, 5) is 3.80. The molecule has 2 N–H and O–H groups in total. The summed E-state index contributed by atoms with van der Waals surface area (Å²) in [6.07, 6.45) is 3.30. The van der Waals surface area contributed by atoms with Crippen LogP contribution >= 0.6 is 11.3 Å². The van der Waals surface area contributed by atoms with E-state index < -0.39 is 0 Å². The number of rotatable bonds is 8. The fourth-order valence-corrected chi connectivity index (χ4v) is 3.72. The minimum atomic E-state index is 0.199. The zero-order valence-corrected chi connectivity index (χ0v) is 13.9. The Labute approximate surface area is 132 Å². The van der Waals surface area contributed by atoms with Crippen LogP contribution < -0.4 is 5.73 Å². The molecule has 114 valence electrons. The van der Waals surface area contributed by atoms with Crippen molar-refractivity contribution in [2.24, 2.45) is 5.73 Å². The smallest absolute Gasteiger partial charge is 0.0590 e. The maximum Gasteiger partial charge on any atom is 0.0590 e. The van der Waals surface area contributed by atoms with E-state index in [2.05, 4.69) is 66.7 Å². The summed E-state index contributed by atoms with van der Waals surface area (Å²) in [5, 5.41) is 2.14. The Morgan fingerprint density at radius 2 is 1.90 bits per heavy atom. The molecule has 2 atom stereocenters. The van der Waals surface area contributed by atoms with E-state index in [0.29, 0.717) is 6.04 Å². The molecule has 1 aromatic carbocycles. The largest absolute Gasteiger partial charge is 0.326 e. The molecule has 0 amide bonds. The van der Waals surface area contributed by atoms with E-state index in [-0.39, 0.29) is 6.04 Å². The molecule has 2 nitrogen and oxygen atoms in total. The number of aryl methyl sites for hydroxylation is 1. The second-order valence-corrected chi connectivity index (χ2v) is 6.58. The SMILES string of the molecule is CCC(N)C(c1cccs1)N(C)CCCc1ccccc1. The highest BCUT2D eigenvalue weighted by Gasteiger charge is 2.23. The van der Waals surface area contributed by atoms with Gasteiger partial charge in [0.15, 0.2) is 0 Å². The van der Waals surface area contributed by atoms with Gasteiger partial charge >= 0.3 is 0 Å². The molecule has 2 rings (SSSR count). The fraction of sp³-hybridized carbons (Fsp3) is 0.444. The van der Waals surface area contributed by atoms with Crippen LogP contribution in [0.4, 0.5) is 0 Å². The van der Waals surface area contributed by atoms with Gasteiger partial charge in [0, 0.05) is 10.9 Å². The number of hydrogen-bond acceptors (Lipinski definition) is 3. The van der Waals surface area contributed by atoms with Crippen LogP contribution in [0.25, 0.3) is 0 Å². The molecule has 0 aliphatic carbocycles. The lowest BCUT2D eigenvalue weighted by molar-refractivity contribution is 0.211. The first-order valence-electron chi connectivity index (χ1n) is 7.75. The van der Waals surface area contributed by atoms with Crippen LogP contribution in [0.1, 0.15) is 36.2 Å². The summed E-state index contributed by atoms with van der Waals surface area (Å²) in [7, 11) is 2.20. The average molecular weight is 302 g/mol. The summed E-state index contributed by atoms with van der Waals surface area (Å²) < 4.78 is 0. The van der Waals surface area contributed by atoms with Crippen molar-refractivity contribution in [2.45, 2.75) is 38.3 Å². The minimum Gasteiger partial charge on any atom is -0.326 e. The maximum absolute atomic E-state index is 6.36. The Morgan fingerprint density at radius 3 is 2.52 bits per heavy atom. The molecular formula is C18H26N2S. The number of benzene rings is 1. The Bertz CT molecular complexity index is 495. The molecule has 21 heavy (non-hydrogen) atoms. The standard InChI is InChI=1S/C18H26N2S/c1-3-16(19)18(17-12-8-14-21-17)20(2)13-7-11-15-9-5-4-6-10-15/h4-6,8-10,12,14,16,18H,3,7,11,13,19H2,1-2H3. The monoisotopic (exact) mass is 302 g/mol. The first kappa shape index (κ1) is 16.2. The van der Waals surface area contributed by atoms with Crippen LogP contribution in [-0.2, 0) is 6.42 Å². The molecule has 0 saturated carbocycles. The van der Waals surface area contributed by atoms with Gasteiger partial charge in [0.25, 0.3) is 0 Å². The van der Waals surface area contributed by atoms with E-state index in [0.717, 1.165) is 19.4 Å². The van der Waals surface area contributed by atoms with Crippen LogP contribution in [0.3, 0.4) is 0 Å². The number of thiophene rings is 1. The van der Waals surface area contributed by atoms with Crippen molar-refractivity contribution in [3.05, 3.63) is 58.3 Å². The van der Waals surface area contributed by atoms with Crippen molar-refractivity contribution >= 4 is 11.3 Å². The molecule has 0 bridgehead atoms. The Morgan fingerprint density at radius 1 is 1.14 bits per heavy atom. The van der Waals surface area contributed by atoms with E-state index in [1.807, 2.05) is 11.3 Å². The highest BCUT2D eigenvalue weighted by molar-refractivity contribution is 7.10. The Balaban J connectivity index is 1.91. The van der Waals surface area contributed by atoms with Crippen molar-refractivity contribution in [1.82, 2.24) is 4.90 Å². The van der Waals surface area contributed by atoms with Crippen molar-refractivity contribution in [3.8, 4) is 0 Å². The highest BCUT2D eigenvalue weighted by Crippen LogP contribution is 2.28. The van der Waals surface area contributed by atoms with Gasteiger partial charge in [-0.25, -0.2) is 0 Å². The number of hydrogen-bond donors (Lipinski definition) is 1. The lowest BCUT2D eigenvalue weighted by Gasteiger charge is -2.31. The van der Waals surface area contributed by atoms with Crippen molar-refractivity contribution in [2.75, 3.05) is 13.6 Å². The predicted molar refractivity (Wildman–Crippen MR) is 92.7 cm³/mol. The molecule has 0 aliphatic heterocycles. The lowest BCUT2D eigenvalue weighted by atomic mass is 10.0. The molecule has 0 saturated heterocycles. The summed E-state index contributed by atoms with van der Waals surface area (Å²) in [6.45, 7) is 3.24. The molecule has 0 aliphatic rings. The second-order valence-electron chi connectivity index (χ2n) is 5.60. The normalized spacial score (nSPS) is 14.3. The molecule has 0 fully saturated rings. The molecule has 2 aromatic rings. The van der Waals surface area contributed by atoms with Gasteiger partial charge in [-0.2, -0.15) is 0 Å². The molecule has 1 aromatic heterocycles. The Hall–Kier alpha value is -1.16. The van der Waals surface area contributed by atoms with Gasteiger partial charge in [0.1, 0.15) is 0 Å². The van der Waals surface area contributed by atoms with Crippen LogP contribution in [0.15, 0.2) is 47.8 Å². The van der Waals surface area contributed by atoms with Crippen LogP contribution in [0.5, 0.6) is 0 Å². The molecule has 3 heteroatoms. The zero-order valence-electron chi connectivity index (χ0n) is 13.0. The van der Waals surface area contributed by atoms with Crippen LogP contribution in [-0.4, -0.2) is 24.5 Å². The average Bonchev–Trinajstić information content (AvgIpc) is 3.02. The van der Waals surface area contributed by atoms with Gasteiger partial charge in [0.2, 0.25) is 0 Å². The second kappa shape index (κ2) is 8.32. The van der Waals surface area contributed by atoms with Gasteiger partial charge in [-0.15, -0.1) is 11.3 Å². The summed E-state index contributed by atoms with van der Waals surface area (Å²) in [5.74, 6) is 0. The van der Waals surface area contributed by atoms with Gasteiger partial charge in [0.05, 0.1) is 6.04 Å². The molecule has 2 unspecified atom stereocenters. The van der Waals surface area contributed by atoms with E-state index in [9.17, 15) is 0 Å². The first-order chi connectivity index (χ1) is 10.2. The first-order valence-corrected chi connectivity index (χ1v) is 8.63. The predicted octanol–water partition coefficient (Wildman–Crippen LogP) is 4.09. The third-order valence-electron chi connectivity index (χ3n) is 4.01. The van der Waals surface area contributed by atoms with Gasteiger partial charge in [-0.05, 0) is 49.9 Å². The zero-order chi connectivity index (χ0) is 15.1. The quantitative estimate of drug-likeness (QED) is 0.796. The third kappa shape index (κ3) is 4.67. The summed E-state index contributed by atoms with van der Waals surface area (Å²) in [5.41, 5.74) is 7.77. The van der Waals surface area contributed by atoms with E-state index in [1.165, 1.54) is 16.9 Å². The summed E-state index contributed by atoms with van der Waals surface area (Å²) >= 11 is 1.81. The van der Waals surface area contributed by atoms with E-state index in [4.69, 9.17) is 5.73 Å². The lowest BCUT2D eigenvalue weighted by Crippen LogP contribution is -2.39. The minimum absolute atomic E-state index is 0.199. The van der Waals surface area contributed by atoms with E-state index >= 15 is 0 Å². The van der Waals surface area contributed by atoms with Crippen molar-refractivity contribution in [3.63, 3.8) is 0 Å². The molecule has 0 spiro atoms. The van der Waals surface area contributed by atoms with Crippen molar-refractivity contribution in [1.29, 1.82) is 0 Å². The highest BCUT2D eigenvalue weighted by atomic mass is 32.1. The molecule has 0 radical (unpaired) electrons. The van der Waals surface area contributed by atoms with Gasteiger partial charge in [-0.3, -0.25) is 4.90 Å². The number of nitrogens with zero attached hydrogens (tertiary/aromatic N) is 1. The molecule has 1 heterocycles. The van der Waals surface area contributed by atoms with Crippen LogP contribution in [0.2, 0.25) is 0 Å². The summed E-state index contributed by atoms with van der Waals surface area (Å²) in [6, 6.07) is 15.6. The number of nitrogens with two attached hydrogens (primary N) is 1. The van der Waals surface area contributed by atoms with Crippen molar-refractivity contribution < 1.29 is 0 Å². The van der Waals surface area contributed by atoms with Crippen LogP contribution in [0, 0.1) is 0 Å². The number of likely N-dealkylation sites (N-methyl/N-ethyl adjacent to an activating group) is 1. The third-order valence-corrected chi connectivity index (χ3v) is 4.95. The topological polar surface area (TPSA) is 29.3 Å². The van der Waals surface area contributed by atoms with Gasteiger partial charge in [-0.1, -0.05) is 43.3 Å². The maximum atomic E-state index is 6.36.